The summed E-state index contributed by atoms with van der Waals surface area (Å²) in [4.78, 5) is 5.41. The minimum Gasteiger partial charge on any atom is -0.468 e. The summed E-state index contributed by atoms with van der Waals surface area (Å²) in [5.74, 6) is 1.02. The van der Waals surface area contributed by atoms with Crippen molar-refractivity contribution < 1.29 is 4.42 Å². The van der Waals surface area contributed by atoms with E-state index in [1.165, 1.54) is 38.9 Å². The van der Waals surface area contributed by atoms with Gasteiger partial charge in [0.05, 0.1) is 12.8 Å². The molecule has 2 fully saturated rings. The Balaban J connectivity index is 1.48. The topological polar surface area (TPSA) is 31.7 Å². The van der Waals surface area contributed by atoms with Crippen LogP contribution in [0.1, 0.15) is 38.9 Å². The lowest BCUT2D eigenvalue weighted by atomic mass is 9.96. The summed E-state index contributed by atoms with van der Waals surface area (Å²) in [7, 11) is 0. The molecule has 1 N–H and O–H groups in total. The molecule has 0 spiro atoms. The number of nitrogens with one attached hydrogen (secondary N) is 1. The molecule has 2 saturated heterocycles. The Labute approximate surface area is 128 Å². The third-order valence-electron chi connectivity index (χ3n) is 5.12. The molecule has 0 amide bonds. The molecule has 3 rings (SSSR count). The summed E-state index contributed by atoms with van der Waals surface area (Å²) in [6.45, 7) is 10.4. The van der Waals surface area contributed by atoms with Gasteiger partial charge in [0.15, 0.2) is 0 Å². The number of hydrogen-bond donors (Lipinski definition) is 1. The fraction of sp³-hybridized carbons (Fsp3) is 0.765. The Morgan fingerprint density at radius 3 is 3.10 bits per heavy atom. The first-order valence-corrected chi connectivity index (χ1v) is 8.47. The maximum Gasteiger partial charge on any atom is 0.117 e. The molecule has 118 valence electrons. The number of nitrogens with zero attached hydrogens (tertiary/aromatic N) is 2. The molecule has 3 unspecified atom stereocenters. The third kappa shape index (κ3) is 3.68. The Morgan fingerprint density at radius 1 is 1.38 bits per heavy atom. The quantitative estimate of drug-likeness (QED) is 0.902. The van der Waals surface area contributed by atoms with E-state index in [0.717, 1.165) is 24.9 Å². The zero-order valence-electron chi connectivity index (χ0n) is 13.4. The summed E-state index contributed by atoms with van der Waals surface area (Å²) < 4.78 is 5.37. The van der Waals surface area contributed by atoms with Gasteiger partial charge in [-0.05, 0) is 45.4 Å². The first-order valence-electron chi connectivity index (χ1n) is 8.47. The SMILES string of the molecule is CC(CNCc1ccco1)N1CC2CCCCN2CC1C. The van der Waals surface area contributed by atoms with E-state index in [0.29, 0.717) is 12.1 Å². The summed E-state index contributed by atoms with van der Waals surface area (Å²) in [6.07, 6.45) is 5.93. The van der Waals surface area contributed by atoms with Crippen molar-refractivity contribution in [2.24, 2.45) is 0 Å². The van der Waals surface area contributed by atoms with E-state index in [1.54, 1.807) is 6.26 Å². The van der Waals surface area contributed by atoms with Crippen molar-refractivity contribution in [3.8, 4) is 0 Å². The predicted octanol–water partition coefficient (Wildman–Crippen LogP) is 2.32. The van der Waals surface area contributed by atoms with Crippen LogP contribution in [0.4, 0.5) is 0 Å². The monoisotopic (exact) mass is 291 g/mol. The molecule has 3 atom stereocenters. The molecule has 2 aliphatic rings. The maximum absolute atomic E-state index is 5.37. The van der Waals surface area contributed by atoms with E-state index in [2.05, 4.69) is 29.0 Å². The molecule has 2 aliphatic heterocycles. The van der Waals surface area contributed by atoms with Crippen LogP contribution in [0.5, 0.6) is 0 Å². The molecule has 0 bridgehead atoms. The number of hydrogen-bond acceptors (Lipinski definition) is 4. The first-order chi connectivity index (χ1) is 10.2. The highest BCUT2D eigenvalue weighted by atomic mass is 16.3. The van der Waals surface area contributed by atoms with Gasteiger partial charge >= 0.3 is 0 Å². The number of fused-ring (bicyclic) bond motifs is 1. The van der Waals surface area contributed by atoms with Gasteiger partial charge in [-0.15, -0.1) is 0 Å². The van der Waals surface area contributed by atoms with Gasteiger partial charge in [0, 0.05) is 37.8 Å². The molecular weight excluding hydrogens is 262 g/mol. The minimum absolute atomic E-state index is 0.582. The Hall–Kier alpha value is -0.840. The normalized spacial score (nSPS) is 29.2. The average molecular weight is 291 g/mol. The Bertz CT molecular complexity index is 420. The van der Waals surface area contributed by atoms with E-state index in [9.17, 15) is 0 Å². The summed E-state index contributed by atoms with van der Waals surface area (Å²) >= 11 is 0. The summed E-state index contributed by atoms with van der Waals surface area (Å²) in [6, 6.07) is 6.02. The fourth-order valence-electron chi connectivity index (χ4n) is 3.92. The number of furan rings is 1. The fourth-order valence-corrected chi connectivity index (χ4v) is 3.92. The van der Waals surface area contributed by atoms with Gasteiger partial charge in [-0.25, -0.2) is 0 Å². The highest BCUT2D eigenvalue weighted by molar-refractivity contribution is 4.97. The van der Waals surface area contributed by atoms with Gasteiger partial charge in [-0.1, -0.05) is 6.42 Å². The second kappa shape index (κ2) is 6.95. The minimum atomic E-state index is 0.582. The van der Waals surface area contributed by atoms with E-state index in [1.807, 2.05) is 12.1 Å². The molecular formula is C17H29N3O. The highest BCUT2D eigenvalue weighted by Crippen LogP contribution is 2.25. The third-order valence-corrected chi connectivity index (χ3v) is 5.12. The second-order valence-electron chi connectivity index (χ2n) is 6.75. The van der Waals surface area contributed by atoms with Crippen molar-refractivity contribution in [3.05, 3.63) is 24.2 Å². The van der Waals surface area contributed by atoms with Crippen molar-refractivity contribution in [1.82, 2.24) is 15.1 Å². The molecule has 21 heavy (non-hydrogen) atoms. The summed E-state index contributed by atoms with van der Waals surface area (Å²) in [5.41, 5.74) is 0. The molecule has 1 aromatic rings. The molecule has 0 aromatic carbocycles. The Kier molecular flexibility index (Phi) is 4.99. The summed E-state index contributed by atoms with van der Waals surface area (Å²) in [5, 5.41) is 3.53. The van der Waals surface area contributed by atoms with Crippen LogP contribution in [-0.4, -0.2) is 54.1 Å². The molecule has 4 heteroatoms. The largest absolute Gasteiger partial charge is 0.468 e. The van der Waals surface area contributed by atoms with Crippen LogP contribution in [0.15, 0.2) is 22.8 Å². The van der Waals surface area contributed by atoms with Crippen LogP contribution in [0.2, 0.25) is 0 Å². The van der Waals surface area contributed by atoms with Crippen LogP contribution in [0, 0.1) is 0 Å². The lowest BCUT2D eigenvalue weighted by molar-refractivity contribution is -0.00383. The van der Waals surface area contributed by atoms with E-state index < -0.39 is 0 Å². The van der Waals surface area contributed by atoms with E-state index >= 15 is 0 Å². The number of piperidine rings is 1. The van der Waals surface area contributed by atoms with Gasteiger partial charge in [0.25, 0.3) is 0 Å². The van der Waals surface area contributed by atoms with Crippen LogP contribution in [-0.2, 0) is 6.54 Å². The van der Waals surface area contributed by atoms with Crippen LogP contribution < -0.4 is 5.32 Å². The molecule has 3 heterocycles. The lowest BCUT2D eigenvalue weighted by Crippen LogP contribution is -2.61. The Morgan fingerprint density at radius 2 is 2.29 bits per heavy atom. The van der Waals surface area contributed by atoms with Gasteiger partial charge in [-0.2, -0.15) is 0 Å². The van der Waals surface area contributed by atoms with Crippen LogP contribution >= 0.6 is 0 Å². The van der Waals surface area contributed by atoms with E-state index in [-0.39, 0.29) is 0 Å². The van der Waals surface area contributed by atoms with Crippen LogP contribution in [0.3, 0.4) is 0 Å². The zero-order valence-corrected chi connectivity index (χ0v) is 13.4. The van der Waals surface area contributed by atoms with E-state index in [4.69, 9.17) is 4.42 Å². The predicted molar refractivity (Wildman–Crippen MR) is 85.3 cm³/mol. The maximum atomic E-state index is 5.37. The van der Waals surface area contributed by atoms with Crippen molar-refractivity contribution >= 4 is 0 Å². The molecule has 0 aliphatic carbocycles. The smallest absolute Gasteiger partial charge is 0.117 e. The van der Waals surface area contributed by atoms with Gasteiger partial charge in [-0.3, -0.25) is 9.80 Å². The zero-order chi connectivity index (χ0) is 14.7. The standard InChI is InChI=1S/C17H29N3O/c1-14(10-18-11-17-7-5-9-21-17)20-13-16-6-3-4-8-19(16)12-15(20)2/h5,7,9,14-16,18H,3-4,6,8,10-13H2,1-2H3. The molecule has 0 radical (unpaired) electrons. The lowest BCUT2D eigenvalue weighted by Gasteiger charge is -2.49. The van der Waals surface area contributed by atoms with Crippen molar-refractivity contribution in [2.45, 2.75) is 57.8 Å². The van der Waals surface area contributed by atoms with Crippen molar-refractivity contribution in [3.63, 3.8) is 0 Å². The van der Waals surface area contributed by atoms with Gasteiger partial charge in [0.2, 0.25) is 0 Å². The second-order valence-corrected chi connectivity index (χ2v) is 6.75. The van der Waals surface area contributed by atoms with Crippen molar-refractivity contribution in [1.29, 1.82) is 0 Å². The van der Waals surface area contributed by atoms with Crippen LogP contribution in [0.25, 0.3) is 0 Å². The highest BCUT2D eigenvalue weighted by Gasteiger charge is 2.34. The first kappa shape index (κ1) is 15.1. The number of rotatable bonds is 5. The van der Waals surface area contributed by atoms with Crippen molar-refractivity contribution in [2.75, 3.05) is 26.2 Å². The molecule has 0 saturated carbocycles. The van der Waals surface area contributed by atoms with Gasteiger partial charge in [0.1, 0.15) is 5.76 Å². The number of piperazine rings is 1. The molecule has 4 nitrogen and oxygen atoms in total. The average Bonchev–Trinajstić information content (AvgIpc) is 2.99. The van der Waals surface area contributed by atoms with Gasteiger partial charge < -0.3 is 9.73 Å². The molecule has 1 aromatic heterocycles.